The third-order valence-corrected chi connectivity index (χ3v) is 3.03. The van der Waals surface area contributed by atoms with Crippen molar-refractivity contribution in [1.29, 1.82) is 0 Å². The third kappa shape index (κ3) is 5.93. The van der Waals surface area contributed by atoms with Crippen LogP contribution in [0.3, 0.4) is 0 Å². The first kappa shape index (κ1) is 19.7. The second kappa shape index (κ2) is 8.24. The molecule has 1 aromatic rings. The highest BCUT2D eigenvalue weighted by molar-refractivity contribution is 5.85. The first-order valence-corrected chi connectivity index (χ1v) is 6.37. The van der Waals surface area contributed by atoms with E-state index in [1.54, 1.807) is 27.0 Å². The number of hydrogen-bond donors (Lipinski definition) is 2. The van der Waals surface area contributed by atoms with Crippen LogP contribution in [0.1, 0.15) is 31.0 Å². The van der Waals surface area contributed by atoms with Gasteiger partial charge in [-0.25, -0.2) is 0 Å². The maximum absolute atomic E-state index is 12.6. The van der Waals surface area contributed by atoms with Gasteiger partial charge in [-0.2, -0.15) is 13.2 Å². The zero-order chi connectivity index (χ0) is 15.3. The minimum Gasteiger partial charge on any atom is -0.349 e. The van der Waals surface area contributed by atoms with Crippen LogP contribution in [0.15, 0.2) is 24.3 Å². The Morgan fingerprint density at radius 2 is 1.90 bits per heavy atom. The van der Waals surface area contributed by atoms with Crippen molar-refractivity contribution in [3.05, 3.63) is 35.4 Å². The average Bonchev–Trinajstić information content (AvgIpc) is 2.38. The van der Waals surface area contributed by atoms with E-state index in [1.807, 2.05) is 0 Å². The SMILES string of the molecule is CNCC(C)C(=O)NC(C)c1cccc(C(F)(F)F)c1.Cl. The summed E-state index contributed by atoms with van der Waals surface area (Å²) in [5.41, 5.74) is -0.274. The fourth-order valence-corrected chi connectivity index (χ4v) is 1.82. The molecule has 0 aliphatic carbocycles. The van der Waals surface area contributed by atoms with Crippen LogP contribution < -0.4 is 10.6 Å². The zero-order valence-corrected chi connectivity index (χ0v) is 12.9. The van der Waals surface area contributed by atoms with Gasteiger partial charge in [0, 0.05) is 12.5 Å². The van der Waals surface area contributed by atoms with Crippen LogP contribution in [0.4, 0.5) is 13.2 Å². The van der Waals surface area contributed by atoms with Gasteiger partial charge >= 0.3 is 6.18 Å². The summed E-state index contributed by atoms with van der Waals surface area (Å²) in [4.78, 5) is 11.8. The van der Waals surface area contributed by atoms with Gasteiger partial charge in [0.05, 0.1) is 11.6 Å². The predicted octanol–water partition coefficient (Wildman–Crippen LogP) is 3.16. The molecule has 0 aromatic heterocycles. The Kier molecular flexibility index (Phi) is 7.74. The highest BCUT2D eigenvalue weighted by atomic mass is 35.5. The van der Waals surface area contributed by atoms with E-state index < -0.39 is 17.8 Å². The van der Waals surface area contributed by atoms with Gasteiger partial charge in [-0.05, 0) is 31.7 Å². The fraction of sp³-hybridized carbons (Fsp3) is 0.500. The van der Waals surface area contributed by atoms with E-state index in [9.17, 15) is 18.0 Å². The summed E-state index contributed by atoms with van der Waals surface area (Å²) >= 11 is 0. The highest BCUT2D eigenvalue weighted by Crippen LogP contribution is 2.30. The Labute approximate surface area is 128 Å². The smallest absolute Gasteiger partial charge is 0.349 e. The largest absolute Gasteiger partial charge is 0.416 e. The molecule has 0 heterocycles. The number of carbonyl (C=O) groups excluding carboxylic acids is 1. The molecule has 0 aliphatic heterocycles. The lowest BCUT2D eigenvalue weighted by atomic mass is 10.0. The standard InChI is InChI=1S/C14H19F3N2O.ClH/c1-9(8-18-3)13(20)19-10(2)11-5-4-6-12(7-11)14(15,16)17;/h4-7,9-10,18H,8H2,1-3H3,(H,19,20);1H. The van der Waals surface area contributed by atoms with Crippen LogP contribution in [-0.2, 0) is 11.0 Å². The Bertz CT molecular complexity index is 466. The summed E-state index contributed by atoms with van der Waals surface area (Å²) in [5, 5.41) is 5.59. The summed E-state index contributed by atoms with van der Waals surface area (Å²) in [5.74, 6) is -0.433. The van der Waals surface area contributed by atoms with Crippen molar-refractivity contribution in [2.24, 2.45) is 5.92 Å². The van der Waals surface area contributed by atoms with E-state index in [0.29, 0.717) is 12.1 Å². The Morgan fingerprint density at radius 3 is 2.43 bits per heavy atom. The van der Waals surface area contributed by atoms with Gasteiger partial charge in [-0.1, -0.05) is 19.1 Å². The predicted molar refractivity (Wildman–Crippen MR) is 78.3 cm³/mol. The molecule has 3 nitrogen and oxygen atoms in total. The molecule has 0 saturated heterocycles. The molecule has 21 heavy (non-hydrogen) atoms. The van der Waals surface area contributed by atoms with Crippen molar-refractivity contribution in [3.63, 3.8) is 0 Å². The zero-order valence-electron chi connectivity index (χ0n) is 12.1. The summed E-state index contributed by atoms with van der Waals surface area (Å²) in [7, 11) is 1.74. The van der Waals surface area contributed by atoms with E-state index in [1.165, 1.54) is 6.07 Å². The van der Waals surface area contributed by atoms with Crippen LogP contribution >= 0.6 is 12.4 Å². The van der Waals surface area contributed by atoms with Gasteiger partial charge in [0.1, 0.15) is 0 Å². The van der Waals surface area contributed by atoms with Crippen LogP contribution in [-0.4, -0.2) is 19.5 Å². The third-order valence-electron chi connectivity index (χ3n) is 3.03. The second-order valence-electron chi connectivity index (χ2n) is 4.81. The first-order chi connectivity index (χ1) is 9.25. The van der Waals surface area contributed by atoms with Crippen molar-refractivity contribution >= 4 is 18.3 Å². The van der Waals surface area contributed by atoms with E-state index in [4.69, 9.17) is 0 Å². The number of halogens is 4. The van der Waals surface area contributed by atoms with E-state index >= 15 is 0 Å². The molecule has 0 bridgehead atoms. The van der Waals surface area contributed by atoms with Gasteiger partial charge in [-0.15, -0.1) is 12.4 Å². The molecule has 0 aliphatic rings. The van der Waals surface area contributed by atoms with Gasteiger partial charge < -0.3 is 10.6 Å². The quantitative estimate of drug-likeness (QED) is 0.873. The van der Waals surface area contributed by atoms with Crippen LogP contribution in [0.25, 0.3) is 0 Å². The number of alkyl halides is 3. The van der Waals surface area contributed by atoms with E-state index in [-0.39, 0.29) is 24.2 Å². The van der Waals surface area contributed by atoms with Crippen molar-refractivity contribution in [2.75, 3.05) is 13.6 Å². The molecule has 7 heteroatoms. The van der Waals surface area contributed by atoms with Crippen LogP contribution in [0.5, 0.6) is 0 Å². The monoisotopic (exact) mass is 324 g/mol. The van der Waals surface area contributed by atoms with Crippen molar-refractivity contribution in [2.45, 2.75) is 26.1 Å². The highest BCUT2D eigenvalue weighted by Gasteiger charge is 2.30. The molecule has 1 amide bonds. The number of rotatable bonds is 5. The minimum atomic E-state index is -4.38. The summed E-state index contributed by atoms with van der Waals surface area (Å²) in [6, 6.07) is 4.53. The minimum absolute atomic E-state index is 0. The molecule has 2 atom stereocenters. The summed E-state index contributed by atoms with van der Waals surface area (Å²) in [6.45, 7) is 3.94. The molecule has 120 valence electrons. The molecule has 2 unspecified atom stereocenters. The first-order valence-electron chi connectivity index (χ1n) is 6.37. The topological polar surface area (TPSA) is 41.1 Å². The van der Waals surface area contributed by atoms with Gasteiger partial charge in [0.25, 0.3) is 0 Å². The molecular weight excluding hydrogens is 305 g/mol. The van der Waals surface area contributed by atoms with E-state index in [0.717, 1.165) is 12.1 Å². The summed E-state index contributed by atoms with van der Waals surface area (Å²) in [6.07, 6.45) is -4.38. The molecule has 0 spiro atoms. The molecule has 0 radical (unpaired) electrons. The van der Waals surface area contributed by atoms with Crippen molar-refractivity contribution in [1.82, 2.24) is 10.6 Å². The van der Waals surface area contributed by atoms with Crippen molar-refractivity contribution in [3.8, 4) is 0 Å². The summed E-state index contributed by atoms with van der Waals surface area (Å²) < 4.78 is 37.9. The van der Waals surface area contributed by atoms with Gasteiger partial charge in [0.2, 0.25) is 5.91 Å². The van der Waals surface area contributed by atoms with Crippen LogP contribution in [0.2, 0.25) is 0 Å². The fourth-order valence-electron chi connectivity index (χ4n) is 1.82. The lowest BCUT2D eigenvalue weighted by molar-refractivity contribution is -0.137. The van der Waals surface area contributed by atoms with Gasteiger partial charge in [-0.3, -0.25) is 4.79 Å². The molecular formula is C14H20ClF3N2O. The molecule has 0 fully saturated rings. The lowest BCUT2D eigenvalue weighted by Crippen LogP contribution is -2.35. The second-order valence-corrected chi connectivity index (χ2v) is 4.81. The number of hydrogen-bond acceptors (Lipinski definition) is 2. The van der Waals surface area contributed by atoms with Crippen LogP contribution in [0, 0.1) is 5.92 Å². The normalized spacial score (nSPS) is 14.0. The molecule has 2 N–H and O–H groups in total. The maximum atomic E-state index is 12.6. The number of benzene rings is 1. The molecule has 1 rings (SSSR count). The maximum Gasteiger partial charge on any atom is 0.416 e. The Morgan fingerprint density at radius 1 is 1.29 bits per heavy atom. The average molecular weight is 325 g/mol. The number of nitrogens with one attached hydrogen (secondary N) is 2. The van der Waals surface area contributed by atoms with Crippen molar-refractivity contribution < 1.29 is 18.0 Å². The van der Waals surface area contributed by atoms with Gasteiger partial charge in [0.15, 0.2) is 0 Å². The van der Waals surface area contributed by atoms with E-state index in [2.05, 4.69) is 10.6 Å². The lowest BCUT2D eigenvalue weighted by Gasteiger charge is -2.19. The number of amides is 1. The Hall–Kier alpha value is -1.27. The number of carbonyl (C=O) groups is 1. The molecule has 0 saturated carbocycles. The molecule has 1 aromatic carbocycles. The Balaban J connectivity index is 0.00000400.